The first-order valence-electron chi connectivity index (χ1n) is 5.38. The molecule has 2 fully saturated rings. The number of carbonyl (C=O) groups excluding carboxylic acids is 1. The van der Waals surface area contributed by atoms with Crippen LogP contribution in [0.4, 0.5) is 4.79 Å². The van der Waals surface area contributed by atoms with E-state index in [9.17, 15) is 4.79 Å². The Morgan fingerprint density at radius 3 is 2.79 bits per heavy atom. The predicted octanol–water partition coefficient (Wildman–Crippen LogP) is 2.74. The SMILES string of the molecule is C[C@@H]1CC[C@@H]2[C@@H](C1)OC(=O)OC2(C)C. The van der Waals surface area contributed by atoms with Crippen LogP contribution >= 0.6 is 0 Å². The van der Waals surface area contributed by atoms with Gasteiger partial charge < -0.3 is 9.47 Å². The molecule has 2 rings (SSSR count). The van der Waals surface area contributed by atoms with Gasteiger partial charge in [0.25, 0.3) is 0 Å². The summed E-state index contributed by atoms with van der Waals surface area (Å²) in [5.41, 5.74) is -0.347. The first kappa shape index (κ1) is 9.81. The quantitative estimate of drug-likeness (QED) is 0.561. The second kappa shape index (κ2) is 3.14. The van der Waals surface area contributed by atoms with E-state index in [1.165, 1.54) is 6.42 Å². The molecule has 3 atom stereocenters. The maximum Gasteiger partial charge on any atom is 0.509 e. The molecule has 0 amide bonds. The van der Waals surface area contributed by atoms with E-state index in [0.29, 0.717) is 11.8 Å². The summed E-state index contributed by atoms with van der Waals surface area (Å²) in [4.78, 5) is 11.2. The van der Waals surface area contributed by atoms with Crippen LogP contribution in [0.25, 0.3) is 0 Å². The van der Waals surface area contributed by atoms with Crippen LogP contribution in [0, 0.1) is 11.8 Å². The van der Waals surface area contributed by atoms with Gasteiger partial charge in [-0.3, -0.25) is 0 Å². The van der Waals surface area contributed by atoms with Crippen LogP contribution in [0.1, 0.15) is 40.0 Å². The van der Waals surface area contributed by atoms with Gasteiger partial charge >= 0.3 is 6.16 Å². The van der Waals surface area contributed by atoms with E-state index in [1.807, 2.05) is 13.8 Å². The Morgan fingerprint density at radius 1 is 1.36 bits per heavy atom. The van der Waals surface area contributed by atoms with E-state index in [1.54, 1.807) is 0 Å². The monoisotopic (exact) mass is 198 g/mol. The number of rotatable bonds is 0. The maximum atomic E-state index is 11.2. The highest BCUT2D eigenvalue weighted by atomic mass is 16.7. The van der Waals surface area contributed by atoms with Crippen LogP contribution in [0.2, 0.25) is 0 Å². The summed E-state index contributed by atoms with van der Waals surface area (Å²) >= 11 is 0. The Kier molecular flexibility index (Phi) is 2.20. The fraction of sp³-hybridized carbons (Fsp3) is 0.909. The van der Waals surface area contributed by atoms with E-state index < -0.39 is 6.16 Å². The third-order valence-electron chi connectivity index (χ3n) is 3.54. The summed E-state index contributed by atoms with van der Waals surface area (Å²) in [6, 6.07) is 0. The van der Waals surface area contributed by atoms with E-state index in [0.717, 1.165) is 12.8 Å². The zero-order valence-electron chi connectivity index (χ0n) is 9.08. The first-order valence-corrected chi connectivity index (χ1v) is 5.38. The maximum absolute atomic E-state index is 11.2. The van der Waals surface area contributed by atoms with Crippen LogP contribution in [0.3, 0.4) is 0 Å². The first-order chi connectivity index (χ1) is 6.49. The average molecular weight is 198 g/mol. The lowest BCUT2D eigenvalue weighted by Crippen LogP contribution is -2.52. The number of cyclic esters (lactones) is 1. The van der Waals surface area contributed by atoms with Crippen molar-refractivity contribution in [1.29, 1.82) is 0 Å². The predicted molar refractivity (Wildman–Crippen MR) is 51.9 cm³/mol. The third-order valence-corrected chi connectivity index (χ3v) is 3.54. The molecule has 0 spiro atoms. The summed E-state index contributed by atoms with van der Waals surface area (Å²) in [7, 11) is 0. The Morgan fingerprint density at radius 2 is 2.07 bits per heavy atom. The smallest absolute Gasteiger partial charge is 0.430 e. The Labute approximate surface area is 84.8 Å². The molecular formula is C11H18O3. The molecule has 1 aliphatic carbocycles. The van der Waals surface area contributed by atoms with Gasteiger partial charge in [-0.25, -0.2) is 4.79 Å². The standard InChI is InChI=1S/C11H18O3/c1-7-4-5-8-9(6-7)13-10(12)14-11(8,2)3/h7-9H,4-6H2,1-3H3/t7-,8-,9-/m1/s1. The molecule has 0 N–H and O–H groups in total. The Hall–Kier alpha value is -0.730. The van der Waals surface area contributed by atoms with Gasteiger partial charge in [0.1, 0.15) is 11.7 Å². The number of fused-ring (bicyclic) bond motifs is 1. The summed E-state index contributed by atoms with van der Waals surface area (Å²) < 4.78 is 10.5. The molecule has 0 aromatic rings. The van der Waals surface area contributed by atoms with Crippen molar-refractivity contribution < 1.29 is 14.3 Å². The molecule has 1 saturated carbocycles. The molecule has 1 saturated heterocycles. The van der Waals surface area contributed by atoms with Crippen LogP contribution in [0.5, 0.6) is 0 Å². The molecule has 0 radical (unpaired) electrons. The summed E-state index contributed by atoms with van der Waals surface area (Å²) in [5.74, 6) is 1.04. The minimum absolute atomic E-state index is 0.0787. The van der Waals surface area contributed by atoms with Crippen LogP contribution < -0.4 is 0 Å². The van der Waals surface area contributed by atoms with Crippen LogP contribution in [0.15, 0.2) is 0 Å². The molecule has 14 heavy (non-hydrogen) atoms. The van der Waals surface area contributed by atoms with E-state index in [2.05, 4.69) is 6.92 Å². The number of ether oxygens (including phenoxy) is 2. The highest BCUT2D eigenvalue weighted by Gasteiger charge is 2.47. The van der Waals surface area contributed by atoms with E-state index in [4.69, 9.17) is 9.47 Å². The molecule has 3 heteroatoms. The molecular weight excluding hydrogens is 180 g/mol. The largest absolute Gasteiger partial charge is 0.509 e. The zero-order chi connectivity index (χ0) is 10.3. The van der Waals surface area contributed by atoms with Gasteiger partial charge in [-0.15, -0.1) is 0 Å². The fourth-order valence-electron chi connectivity index (χ4n) is 2.69. The normalized spacial score (nSPS) is 40.8. The molecule has 1 aliphatic heterocycles. The topological polar surface area (TPSA) is 35.5 Å². The third kappa shape index (κ3) is 1.60. The Bertz CT molecular complexity index is 247. The van der Waals surface area contributed by atoms with Crippen molar-refractivity contribution in [3.8, 4) is 0 Å². The van der Waals surface area contributed by atoms with Crippen molar-refractivity contribution in [2.75, 3.05) is 0 Å². The van der Waals surface area contributed by atoms with Crippen molar-refractivity contribution in [2.45, 2.75) is 51.7 Å². The van der Waals surface area contributed by atoms with Crippen molar-refractivity contribution in [3.05, 3.63) is 0 Å². The molecule has 0 bridgehead atoms. The van der Waals surface area contributed by atoms with Gasteiger partial charge in [-0.1, -0.05) is 13.3 Å². The van der Waals surface area contributed by atoms with Crippen molar-refractivity contribution in [3.63, 3.8) is 0 Å². The van der Waals surface area contributed by atoms with Crippen molar-refractivity contribution >= 4 is 6.16 Å². The lowest BCUT2D eigenvalue weighted by molar-refractivity contribution is -0.158. The molecule has 0 aromatic heterocycles. The fourth-order valence-corrected chi connectivity index (χ4v) is 2.69. The van der Waals surface area contributed by atoms with Crippen molar-refractivity contribution in [1.82, 2.24) is 0 Å². The van der Waals surface area contributed by atoms with Gasteiger partial charge in [-0.2, -0.15) is 0 Å². The second-order valence-electron chi connectivity index (χ2n) is 5.14. The zero-order valence-corrected chi connectivity index (χ0v) is 9.08. The molecule has 0 aromatic carbocycles. The molecule has 1 heterocycles. The van der Waals surface area contributed by atoms with Crippen LogP contribution in [-0.4, -0.2) is 17.9 Å². The summed E-state index contributed by atoms with van der Waals surface area (Å²) in [6.07, 6.45) is 2.89. The summed E-state index contributed by atoms with van der Waals surface area (Å²) in [5, 5.41) is 0. The Balaban J connectivity index is 2.16. The minimum Gasteiger partial charge on any atom is -0.430 e. The average Bonchev–Trinajstić information content (AvgIpc) is 2.00. The second-order valence-corrected chi connectivity index (χ2v) is 5.14. The van der Waals surface area contributed by atoms with Crippen molar-refractivity contribution in [2.24, 2.45) is 11.8 Å². The lowest BCUT2D eigenvalue weighted by atomic mass is 9.73. The molecule has 2 aliphatic rings. The number of hydrogen-bond donors (Lipinski definition) is 0. The lowest BCUT2D eigenvalue weighted by Gasteiger charge is -2.46. The van der Waals surface area contributed by atoms with Gasteiger partial charge in [0, 0.05) is 5.92 Å². The summed E-state index contributed by atoms with van der Waals surface area (Å²) in [6.45, 7) is 6.19. The molecule has 80 valence electrons. The van der Waals surface area contributed by atoms with E-state index in [-0.39, 0.29) is 11.7 Å². The van der Waals surface area contributed by atoms with Gasteiger partial charge in [-0.05, 0) is 32.6 Å². The van der Waals surface area contributed by atoms with Gasteiger partial charge in [0.15, 0.2) is 0 Å². The van der Waals surface area contributed by atoms with E-state index >= 15 is 0 Å². The molecule has 0 unspecified atom stereocenters. The number of hydrogen-bond acceptors (Lipinski definition) is 3. The van der Waals surface area contributed by atoms with Crippen LogP contribution in [-0.2, 0) is 9.47 Å². The van der Waals surface area contributed by atoms with Gasteiger partial charge in [0.2, 0.25) is 0 Å². The highest BCUT2D eigenvalue weighted by Crippen LogP contribution is 2.41. The number of carbonyl (C=O) groups is 1. The highest BCUT2D eigenvalue weighted by molar-refractivity contribution is 5.62. The minimum atomic E-state index is -0.495. The van der Waals surface area contributed by atoms with Gasteiger partial charge in [0.05, 0.1) is 0 Å². The molecule has 3 nitrogen and oxygen atoms in total.